The zero-order valence-corrected chi connectivity index (χ0v) is 44.1. The van der Waals surface area contributed by atoms with Gasteiger partial charge in [0.15, 0.2) is 37.7 Å². The Bertz CT molecular complexity index is 2010. The van der Waals surface area contributed by atoms with Gasteiger partial charge in [-0.1, -0.05) is 13.0 Å². The summed E-state index contributed by atoms with van der Waals surface area (Å²) < 4.78 is 67.5. The molecule has 6 saturated heterocycles. The van der Waals surface area contributed by atoms with E-state index < -0.39 is 254 Å². The number of ether oxygens (including phenoxy) is 12. The predicted molar refractivity (Wildman–Crippen MR) is 254 cm³/mol. The summed E-state index contributed by atoms with van der Waals surface area (Å²) in [6, 6.07) is -2.66. The van der Waals surface area contributed by atoms with E-state index in [2.05, 4.69) is 5.32 Å². The summed E-state index contributed by atoms with van der Waals surface area (Å²) >= 11 is 0. The molecule has 35 heteroatoms. The van der Waals surface area contributed by atoms with Gasteiger partial charge in [0, 0.05) is 6.42 Å². The van der Waals surface area contributed by atoms with Gasteiger partial charge in [0.25, 0.3) is 0 Å². The van der Waals surface area contributed by atoms with Gasteiger partial charge in [0.2, 0.25) is 0 Å². The third-order valence-corrected chi connectivity index (χ3v) is 15.5. The molecule has 35 nitrogen and oxygen atoms in total. The summed E-state index contributed by atoms with van der Waals surface area (Å²) in [7, 11) is 0. The lowest BCUT2D eigenvalue weighted by atomic mass is 9.86. The third kappa shape index (κ3) is 14.2. The topological polar surface area (TPSA) is 565 Å². The number of hydrogen-bond acceptors (Lipinski definition) is 35. The minimum absolute atomic E-state index is 0.0946. The van der Waals surface area contributed by atoms with Crippen molar-refractivity contribution in [3.8, 4) is 0 Å². The van der Waals surface area contributed by atoms with Gasteiger partial charge in [-0.25, -0.2) is 0 Å². The predicted octanol–water partition coefficient (Wildman–Crippen LogP) is -13.7. The second kappa shape index (κ2) is 29.3. The molecule has 0 aromatic heterocycles. The van der Waals surface area contributed by atoms with Crippen LogP contribution in [0.2, 0.25) is 0 Å². The summed E-state index contributed by atoms with van der Waals surface area (Å²) in [6.07, 6.45) is -58.0. The first-order chi connectivity index (χ1) is 38.8. The van der Waals surface area contributed by atoms with Crippen LogP contribution in [0.5, 0.6) is 0 Å². The zero-order valence-electron chi connectivity index (χ0n) is 44.1. The van der Waals surface area contributed by atoms with Crippen molar-refractivity contribution in [2.75, 3.05) is 39.6 Å². The van der Waals surface area contributed by atoms with E-state index in [-0.39, 0.29) is 12.0 Å². The van der Waals surface area contributed by atoms with Crippen LogP contribution >= 0.6 is 0 Å². The first kappa shape index (κ1) is 67.4. The second-order valence-electron chi connectivity index (χ2n) is 21.0. The van der Waals surface area contributed by atoms with E-state index in [9.17, 15) is 112 Å². The maximum Gasteiger partial charge on any atom is 0.305 e. The molecule has 0 spiro atoms. The van der Waals surface area contributed by atoms with Gasteiger partial charge in [-0.2, -0.15) is 0 Å². The average molecular weight is 1200 g/mol. The van der Waals surface area contributed by atoms with Crippen LogP contribution in [0.15, 0.2) is 11.6 Å². The van der Waals surface area contributed by atoms with Crippen LogP contribution in [0.1, 0.15) is 26.7 Å². The lowest BCUT2D eigenvalue weighted by Gasteiger charge is -2.50. The fourth-order valence-electron chi connectivity index (χ4n) is 10.7. The van der Waals surface area contributed by atoms with Crippen molar-refractivity contribution in [2.45, 2.75) is 235 Å². The smallest absolute Gasteiger partial charge is 0.305 e. The zero-order chi connectivity index (χ0) is 60.3. The highest BCUT2D eigenvalue weighted by atomic mass is 16.8. The van der Waals surface area contributed by atoms with E-state index in [1.807, 2.05) is 0 Å². The number of hydrogen-bond donors (Lipinski definition) is 22. The molecule has 6 fully saturated rings. The molecule has 0 bridgehead atoms. The maximum absolute atomic E-state index is 12.6. The van der Waals surface area contributed by atoms with Crippen LogP contribution in [0.4, 0.5) is 0 Å². The van der Waals surface area contributed by atoms with Crippen molar-refractivity contribution in [3.63, 3.8) is 0 Å². The first-order valence-corrected chi connectivity index (χ1v) is 26.6. The molecule has 7 aliphatic rings. The molecule has 1 aliphatic carbocycles. The van der Waals surface area contributed by atoms with Crippen LogP contribution in [0.3, 0.4) is 0 Å². The van der Waals surface area contributed by atoms with E-state index >= 15 is 0 Å². The molecule has 0 aromatic rings. The van der Waals surface area contributed by atoms with Crippen LogP contribution in [0.25, 0.3) is 0 Å². The Morgan fingerprint density at radius 3 is 1.33 bits per heavy atom. The minimum atomic E-state index is -2.20. The van der Waals surface area contributed by atoms with E-state index in [0.29, 0.717) is 6.42 Å². The van der Waals surface area contributed by atoms with Crippen LogP contribution in [0, 0.1) is 0 Å². The van der Waals surface area contributed by atoms with Gasteiger partial charge in [-0.3, -0.25) is 4.79 Å². The Labute approximate surface area is 466 Å². The van der Waals surface area contributed by atoms with Gasteiger partial charge in [-0.05, 0) is 18.9 Å². The normalized spacial score (nSPS) is 50.4. The Morgan fingerprint density at radius 1 is 0.451 bits per heavy atom. The van der Waals surface area contributed by atoms with Crippen molar-refractivity contribution in [3.05, 3.63) is 11.6 Å². The van der Waals surface area contributed by atoms with Gasteiger partial charge in [0.1, 0.15) is 159 Å². The Morgan fingerprint density at radius 2 is 0.854 bits per heavy atom. The van der Waals surface area contributed by atoms with E-state index in [1.165, 1.54) is 13.0 Å². The molecule has 0 radical (unpaired) electrons. The van der Waals surface area contributed by atoms with Crippen molar-refractivity contribution in [2.24, 2.45) is 0 Å². The monoisotopic (exact) mass is 1200 g/mol. The fourth-order valence-corrected chi connectivity index (χ4v) is 10.7. The molecule has 0 amide bonds. The summed E-state index contributed by atoms with van der Waals surface area (Å²) in [4.78, 5) is 12.6. The first-order valence-electron chi connectivity index (χ1n) is 26.6. The highest BCUT2D eigenvalue weighted by Gasteiger charge is 2.57. The van der Waals surface area contributed by atoms with E-state index in [1.54, 1.807) is 6.92 Å². The molecule has 34 atom stereocenters. The third-order valence-electron chi connectivity index (χ3n) is 15.5. The van der Waals surface area contributed by atoms with Crippen LogP contribution in [-0.2, 0) is 61.6 Å². The molecule has 0 aromatic carbocycles. The van der Waals surface area contributed by atoms with Crippen molar-refractivity contribution in [1.29, 1.82) is 0 Å². The lowest BCUT2D eigenvalue weighted by Crippen LogP contribution is -2.69. The quantitative estimate of drug-likeness (QED) is 0.0375. The van der Waals surface area contributed by atoms with Crippen LogP contribution in [-0.4, -0.2) is 361 Å². The van der Waals surface area contributed by atoms with Crippen molar-refractivity contribution in [1.82, 2.24) is 5.32 Å². The molecule has 6 aliphatic heterocycles. The number of rotatable bonds is 21. The molecule has 34 unspecified atom stereocenters. The van der Waals surface area contributed by atoms with Crippen LogP contribution < -0.4 is 5.32 Å². The van der Waals surface area contributed by atoms with Gasteiger partial charge >= 0.3 is 5.97 Å². The molecule has 7 rings (SSSR count). The highest BCUT2D eigenvalue weighted by Crippen LogP contribution is 2.37. The maximum atomic E-state index is 12.6. The Kier molecular flexibility index (Phi) is 24.1. The summed E-state index contributed by atoms with van der Waals surface area (Å²) in [5, 5.41) is 228. The standard InChI is InChI=1S/C47H79NO34/c1-3-4-20(54)71-11-19-41(82-43-32(65)24(57)21(12(2)72-43)48-14-5-13(6-49)37(26(59)22(14)55)78-44-33(66)25(58)23(56)15(7-50)74-44)30(63)36(69)47(77-19)81-40-18(10-53)76-46(35(68)29(40)62)80-39-17(9-52)75-45(34(67)28(39)61)79-38-16(8-51)73-42(70)31(64)27(38)60/h5,12,14-19,21-53,55-70H,3-4,6-11H2,1-2H3. The van der Waals surface area contributed by atoms with E-state index in [4.69, 9.17) is 56.8 Å². The second-order valence-corrected chi connectivity index (χ2v) is 21.0. The van der Waals surface area contributed by atoms with Gasteiger partial charge < -0.3 is 169 Å². The molecular formula is C47H79NO34. The van der Waals surface area contributed by atoms with Crippen molar-refractivity contribution >= 4 is 5.97 Å². The Balaban J connectivity index is 0.997. The number of esters is 1. The molecule has 6 heterocycles. The minimum Gasteiger partial charge on any atom is -0.463 e. The molecule has 0 saturated carbocycles. The lowest BCUT2D eigenvalue weighted by molar-refractivity contribution is -0.391. The number of nitrogens with one attached hydrogen (secondary N) is 1. The SMILES string of the molecule is CCCC(=O)OCC1OC(OC2C(CO)OC(OC3C(CO)OC(OC4C(CO)OC(O)C(O)C4O)C(O)C3O)C(O)C2O)C(O)C(O)C1OC1OC(C)C(NC2C=C(CO)C(OC3OC(CO)C(O)C(O)C3O)C(O)C2O)C(O)C1O. The molecular weight excluding hydrogens is 1120 g/mol. The Hall–Kier alpha value is -2.11. The molecule has 82 heavy (non-hydrogen) atoms. The van der Waals surface area contributed by atoms with Gasteiger partial charge in [-0.15, -0.1) is 0 Å². The molecule has 476 valence electrons. The summed E-state index contributed by atoms with van der Waals surface area (Å²) in [5.41, 5.74) is -0.106. The number of carbonyl (C=O) groups is 1. The van der Waals surface area contributed by atoms with E-state index in [0.717, 1.165) is 0 Å². The number of aliphatic hydroxyl groups is 21. The largest absolute Gasteiger partial charge is 0.463 e. The average Bonchev–Trinajstić information content (AvgIpc) is 3.02. The molecule has 22 N–H and O–H groups in total. The number of carbonyl (C=O) groups excluding carboxylic acids is 1. The highest BCUT2D eigenvalue weighted by molar-refractivity contribution is 5.69. The van der Waals surface area contributed by atoms with Crippen molar-refractivity contribution < 1.29 is 169 Å². The van der Waals surface area contributed by atoms with Gasteiger partial charge in [0.05, 0.1) is 51.2 Å². The fraction of sp³-hybridized carbons (Fsp3) is 0.936. The number of aliphatic hydroxyl groups excluding tert-OH is 21. The summed E-state index contributed by atoms with van der Waals surface area (Å²) in [6.45, 7) is -2.22. The summed E-state index contributed by atoms with van der Waals surface area (Å²) in [5.74, 6) is -0.762.